The summed E-state index contributed by atoms with van der Waals surface area (Å²) >= 11 is 0. The number of aliphatic hydroxyl groups is 1. The maximum atomic E-state index is 11.8. The third-order valence-electron chi connectivity index (χ3n) is 3.23. The number of aromatic nitrogens is 1. The highest BCUT2D eigenvalue weighted by Gasteiger charge is 2.04. The minimum absolute atomic E-state index is 0.0512. The first-order valence-electron chi connectivity index (χ1n) is 7.09. The summed E-state index contributed by atoms with van der Waals surface area (Å²) in [5.41, 5.74) is 3.03. The van der Waals surface area contributed by atoms with Gasteiger partial charge in [0, 0.05) is 6.42 Å². The Morgan fingerprint density at radius 1 is 1.19 bits per heavy atom. The van der Waals surface area contributed by atoms with Gasteiger partial charge in [0.1, 0.15) is 5.82 Å². The number of carbonyl (C=O) groups is 1. The van der Waals surface area contributed by atoms with Crippen LogP contribution in [0.4, 0.5) is 5.82 Å². The summed E-state index contributed by atoms with van der Waals surface area (Å²) < 4.78 is 0. The first-order chi connectivity index (χ1) is 10.2. The number of hydrogen-bond acceptors (Lipinski definition) is 3. The van der Waals surface area contributed by atoms with Crippen LogP contribution in [0.2, 0.25) is 0 Å². The van der Waals surface area contributed by atoms with Gasteiger partial charge in [-0.15, -0.1) is 0 Å². The summed E-state index contributed by atoms with van der Waals surface area (Å²) in [6.07, 6.45) is 2.14. The van der Waals surface area contributed by atoms with Gasteiger partial charge in [0.2, 0.25) is 5.91 Å². The smallest absolute Gasteiger partial charge is 0.225 e. The van der Waals surface area contributed by atoms with Crippen LogP contribution in [0.15, 0.2) is 42.5 Å². The molecule has 2 aromatic rings. The van der Waals surface area contributed by atoms with Crippen molar-refractivity contribution in [3.63, 3.8) is 0 Å². The molecule has 0 aliphatic rings. The molecule has 0 saturated carbocycles. The van der Waals surface area contributed by atoms with Gasteiger partial charge < -0.3 is 10.4 Å². The van der Waals surface area contributed by atoms with Crippen LogP contribution in [-0.4, -0.2) is 16.0 Å². The molecule has 1 amide bonds. The predicted octanol–water partition coefficient (Wildman–Crippen LogP) is 2.84. The molecule has 0 aliphatic carbocycles. The first kappa shape index (κ1) is 15.2. The van der Waals surface area contributed by atoms with E-state index in [9.17, 15) is 4.79 Å². The van der Waals surface area contributed by atoms with Crippen LogP contribution in [0.5, 0.6) is 0 Å². The quantitative estimate of drug-likeness (QED) is 0.857. The Morgan fingerprint density at radius 2 is 1.95 bits per heavy atom. The fraction of sp³-hybridized carbons (Fsp3) is 0.294. The van der Waals surface area contributed by atoms with Gasteiger partial charge >= 0.3 is 0 Å². The number of aryl methyl sites for hydroxylation is 2. The molecule has 1 aromatic carbocycles. The zero-order valence-corrected chi connectivity index (χ0v) is 12.2. The Bertz CT molecular complexity index is 594. The van der Waals surface area contributed by atoms with Crippen molar-refractivity contribution in [2.75, 3.05) is 5.32 Å². The number of nitrogens with one attached hydrogen (secondary N) is 1. The largest absolute Gasteiger partial charge is 0.390 e. The summed E-state index contributed by atoms with van der Waals surface area (Å²) in [4.78, 5) is 16.0. The number of rotatable bonds is 6. The number of hydrogen-bond donors (Lipinski definition) is 2. The van der Waals surface area contributed by atoms with Gasteiger partial charge in [0.15, 0.2) is 0 Å². The Hall–Kier alpha value is -2.20. The number of amides is 1. The molecule has 0 spiro atoms. The molecule has 0 bridgehead atoms. The summed E-state index contributed by atoms with van der Waals surface area (Å²) in [7, 11) is 0. The second-order valence-electron chi connectivity index (χ2n) is 5.06. The van der Waals surface area contributed by atoms with Gasteiger partial charge in [-0.3, -0.25) is 4.79 Å². The van der Waals surface area contributed by atoms with Crippen molar-refractivity contribution in [2.45, 2.75) is 32.8 Å². The molecule has 2 rings (SSSR count). The standard InChI is InChI=1S/C17H20N2O2/c1-13-8-10-14(11-9-13)4-2-7-17(21)19-16-6-3-5-15(12-20)18-16/h3,5-6,8-11,20H,2,4,7,12H2,1H3,(H,18,19,21). The van der Waals surface area contributed by atoms with Crippen molar-refractivity contribution in [2.24, 2.45) is 0 Å². The predicted molar refractivity (Wildman–Crippen MR) is 82.9 cm³/mol. The zero-order valence-electron chi connectivity index (χ0n) is 12.2. The van der Waals surface area contributed by atoms with Gasteiger partial charge in [0.05, 0.1) is 12.3 Å². The summed E-state index contributed by atoms with van der Waals surface area (Å²) in [5.74, 6) is 0.437. The highest BCUT2D eigenvalue weighted by molar-refractivity contribution is 5.89. The summed E-state index contributed by atoms with van der Waals surface area (Å²) in [5, 5.41) is 11.8. The molecule has 21 heavy (non-hydrogen) atoms. The van der Waals surface area contributed by atoms with E-state index in [1.807, 2.05) is 0 Å². The van der Waals surface area contributed by atoms with Gasteiger partial charge in [-0.05, 0) is 37.5 Å². The van der Waals surface area contributed by atoms with Crippen LogP contribution in [0.25, 0.3) is 0 Å². The van der Waals surface area contributed by atoms with Gasteiger partial charge in [-0.25, -0.2) is 4.98 Å². The molecule has 4 nitrogen and oxygen atoms in total. The van der Waals surface area contributed by atoms with Gasteiger partial charge in [0.25, 0.3) is 0 Å². The van der Waals surface area contributed by atoms with E-state index < -0.39 is 0 Å². The molecule has 2 N–H and O–H groups in total. The lowest BCUT2D eigenvalue weighted by Gasteiger charge is -2.06. The highest BCUT2D eigenvalue weighted by atomic mass is 16.3. The summed E-state index contributed by atoms with van der Waals surface area (Å²) in [6.45, 7) is 1.93. The van der Waals surface area contributed by atoms with E-state index in [4.69, 9.17) is 5.11 Å². The Labute approximate surface area is 124 Å². The molecular weight excluding hydrogens is 264 g/mol. The van der Waals surface area contributed by atoms with Crippen molar-refractivity contribution in [1.82, 2.24) is 4.98 Å². The fourth-order valence-corrected chi connectivity index (χ4v) is 2.05. The zero-order chi connectivity index (χ0) is 15.1. The minimum atomic E-state index is -0.128. The lowest BCUT2D eigenvalue weighted by Crippen LogP contribution is -2.13. The van der Waals surface area contributed by atoms with E-state index in [0.717, 1.165) is 12.8 Å². The highest BCUT2D eigenvalue weighted by Crippen LogP contribution is 2.09. The Balaban J connectivity index is 1.78. The number of carbonyl (C=O) groups excluding carboxylic acids is 1. The molecular formula is C17H20N2O2. The lowest BCUT2D eigenvalue weighted by atomic mass is 10.1. The fourth-order valence-electron chi connectivity index (χ4n) is 2.05. The molecule has 0 aliphatic heterocycles. The maximum Gasteiger partial charge on any atom is 0.225 e. The molecule has 1 heterocycles. The molecule has 0 radical (unpaired) electrons. The minimum Gasteiger partial charge on any atom is -0.390 e. The third kappa shape index (κ3) is 5.00. The van der Waals surface area contributed by atoms with E-state index in [2.05, 4.69) is 41.5 Å². The number of benzene rings is 1. The van der Waals surface area contributed by atoms with Gasteiger partial charge in [-0.2, -0.15) is 0 Å². The molecule has 0 fully saturated rings. The topological polar surface area (TPSA) is 62.2 Å². The van der Waals surface area contributed by atoms with E-state index >= 15 is 0 Å². The lowest BCUT2D eigenvalue weighted by molar-refractivity contribution is -0.116. The normalized spacial score (nSPS) is 10.4. The SMILES string of the molecule is Cc1ccc(CCCC(=O)Nc2cccc(CO)n2)cc1. The average molecular weight is 284 g/mol. The van der Waals surface area contributed by atoms with Crippen LogP contribution < -0.4 is 5.32 Å². The molecule has 0 saturated heterocycles. The Morgan fingerprint density at radius 3 is 2.67 bits per heavy atom. The molecule has 1 aromatic heterocycles. The average Bonchev–Trinajstić information content (AvgIpc) is 2.49. The molecule has 110 valence electrons. The first-order valence-corrected chi connectivity index (χ1v) is 7.09. The van der Waals surface area contributed by atoms with Crippen molar-refractivity contribution in [3.05, 3.63) is 59.3 Å². The third-order valence-corrected chi connectivity index (χ3v) is 3.23. The van der Waals surface area contributed by atoms with E-state index in [1.165, 1.54) is 11.1 Å². The molecule has 0 atom stereocenters. The van der Waals surface area contributed by atoms with Crippen molar-refractivity contribution in [3.8, 4) is 0 Å². The van der Waals surface area contributed by atoms with E-state index in [-0.39, 0.29) is 12.5 Å². The monoisotopic (exact) mass is 284 g/mol. The van der Waals surface area contributed by atoms with Gasteiger partial charge in [-0.1, -0.05) is 35.9 Å². The second-order valence-corrected chi connectivity index (χ2v) is 5.06. The molecule has 4 heteroatoms. The van der Waals surface area contributed by atoms with Crippen LogP contribution in [0.1, 0.15) is 29.7 Å². The van der Waals surface area contributed by atoms with Crippen molar-refractivity contribution >= 4 is 11.7 Å². The maximum absolute atomic E-state index is 11.8. The number of nitrogens with zero attached hydrogens (tertiary/aromatic N) is 1. The Kier molecular flexibility index (Phi) is 5.46. The van der Waals surface area contributed by atoms with Crippen LogP contribution in [0, 0.1) is 6.92 Å². The van der Waals surface area contributed by atoms with E-state index in [1.54, 1.807) is 18.2 Å². The van der Waals surface area contributed by atoms with Crippen LogP contribution in [0.3, 0.4) is 0 Å². The molecule has 0 unspecified atom stereocenters. The van der Waals surface area contributed by atoms with E-state index in [0.29, 0.717) is 17.9 Å². The second kappa shape index (κ2) is 7.55. The van der Waals surface area contributed by atoms with Crippen molar-refractivity contribution < 1.29 is 9.90 Å². The van der Waals surface area contributed by atoms with Crippen LogP contribution >= 0.6 is 0 Å². The number of anilines is 1. The van der Waals surface area contributed by atoms with Crippen LogP contribution in [-0.2, 0) is 17.8 Å². The number of aliphatic hydroxyl groups excluding tert-OH is 1. The van der Waals surface area contributed by atoms with Crippen molar-refractivity contribution in [1.29, 1.82) is 0 Å². The number of pyridine rings is 1. The summed E-state index contributed by atoms with van der Waals surface area (Å²) in [6, 6.07) is 13.6.